The van der Waals surface area contributed by atoms with Crippen molar-refractivity contribution < 1.29 is 0 Å². The van der Waals surface area contributed by atoms with Gasteiger partial charge < -0.3 is 13.7 Å². The van der Waals surface area contributed by atoms with Crippen LogP contribution in [0.15, 0.2) is 188 Å². The molecule has 10 rings (SSSR count). The summed E-state index contributed by atoms with van der Waals surface area (Å²) < 4.78 is 6.97. The van der Waals surface area contributed by atoms with Gasteiger partial charge in [0.15, 0.2) is 0 Å². The number of hydrogen-bond acceptors (Lipinski definition) is 0. The Morgan fingerprint density at radius 1 is 0.327 bits per heavy atom. The molecule has 0 bridgehead atoms. The summed E-state index contributed by atoms with van der Waals surface area (Å²) in [6.45, 7) is 0. The van der Waals surface area contributed by atoms with E-state index in [4.69, 9.17) is 0 Å². The van der Waals surface area contributed by atoms with E-state index in [-0.39, 0.29) is 0 Å². The molecule has 7 aromatic carbocycles. The van der Waals surface area contributed by atoms with Crippen LogP contribution in [0.2, 0.25) is 0 Å². The summed E-state index contributed by atoms with van der Waals surface area (Å²) in [6, 6.07) is 63.7. The molecule has 3 heteroatoms. The van der Waals surface area contributed by atoms with E-state index < -0.39 is 0 Å². The van der Waals surface area contributed by atoms with Crippen molar-refractivity contribution in [3.05, 3.63) is 188 Å². The Morgan fingerprint density at radius 3 is 1.49 bits per heavy atom. The Balaban J connectivity index is 1.23. The number of para-hydroxylation sites is 4. The summed E-state index contributed by atoms with van der Waals surface area (Å²) in [7, 11) is 0. The molecule has 0 atom stereocenters. The van der Waals surface area contributed by atoms with Crippen LogP contribution in [0.3, 0.4) is 0 Å². The third-order valence-electron chi connectivity index (χ3n) is 9.88. The van der Waals surface area contributed by atoms with Crippen LogP contribution < -0.4 is 0 Å². The smallest absolute Gasteiger partial charge is 0.0619 e. The molecule has 0 aliphatic carbocycles. The summed E-state index contributed by atoms with van der Waals surface area (Å²) in [5, 5.41) is 4.93. The highest BCUT2D eigenvalue weighted by Crippen LogP contribution is 2.42. The van der Waals surface area contributed by atoms with Crippen LogP contribution in [0.1, 0.15) is 0 Å². The topological polar surface area (TPSA) is 14.8 Å². The Morgan fingerprint density at radius 2 is 0.857 bits per heavy atom. The number of hydrogen-bond donors (Lipinski definition) is 0. The quantitative estimate of drug-likeness (QED) is 0.181. The number of benzene rings is 7. The van der Waals surface area contributed by atoms with E-state index >= 15 is 0 Å². The second-order valence-electron chi connectivity index (χ2n) is 12.7. The van der Waals surface area contributed by atoms with Crippen LogP contribution in [0.4, 0.5) is 0 Å². The maximum absolute atomic E-state index is 2.44. The van der Waals surface area contributed by atoms with Crippen molar-refractivity contribution >= 4 is 43.6 Å². The van der Waals surface area contributed by atoms with E-state index in [2.05, 4.69) is 202 Å². The van der Waals surface area contributed by atoms with Gasteiger partial charge >= 0.3 is 0 Å². The zero-order valence-electron chi connectivity index (χ0n) is 26.7. The van der Waals surface area contributed by atoms with Gasteiger partial charge in [0.05, 0.1) is 22.1 Å². The first-order chi connectivity index (χ1) is 24.3. The van der Waals surface area contributed by atoms with Gasteiger partial charge in [-0.15, -0.1) is 0 Å². The molecule has 10 aromatic rings. The SMILES string of the molecule is c1ccc(-n2ccc3cc(-c4cc(-c5ccc6c(ccn6-c6ccccc6)c5)c5c(c4)c4ccccc4n5-c4ccccc4)ccc32)cc1. The van der Waals surface area contributed by atoms with Gasteiger partial charge in [-0.1, -0.05) is 84.9 Å². The fraction of sp³-hybridized carbons (Fsp3) is 0. The van der Waals surface area contributed by atoms with E-state index in [1.807, 2.05) is 0 Å². The fourth-order valence-electron chi connectivity index (χ4n) is 7.59. The normalized spacial score (nSPS) is 11.7. The highest BCUT2D eigenvalue weighted by molar-refractivity contribution is 6.15. The van der Waals surface area contributed by atoms with E-state index in [1.54, 1.807) is 0 Å². The molecule has 230 valence electrons. The molecule has 0 saturated carbocycles. The summed E-state index contributed by atoms with van der Waals surface area (Å²) >= 11 is 0. The highest BCUT2D eigenvalue weighted by atomic mass is 15.0. The first-order valence-corrected chi connectivity index (χ1v) is 16.8. The summed E-state index contributed by atoms with van der Waals surface area (Å²) in [6.07, 6.45) is 4.34. The Hall–Kier alpha value is -6.58. The molecule has 49 heavy (non-hydrogen) atoms. The zero-order valence-corrected chi connectivity index (χ0v) is 26.7. The lowest BCUT2D eigenvalue weighted by Gasteiger charge is -2.14. The molecular weight excluding hydrogens is 595 g/mol. The van der Waals surface area contributed by atoms with Crippen LogP contribution >= 0.6 is 0 Å². The van der Waals surface area contributed by atoms with E-state index in [0.717, 1.165) is 11.4 Å². The first-order valence-electron chi connectivity index (χ1n) is 16.8. The number of rotatable bonds is 5. The third-order valence-corrected chi connectivity index (χ3v) is 9.88. The Kier molecular flexibility index (Phi) is 6.18. The lowest BCUT2D eigenvalue weighted by atomic mass is 9.94. The van der Waals surface area contributed by atoms with Crippen LogP contribution in [-0.4, -0.2) is 13.7 Å². The minimum atomic E-state index is 1.16. The van der Waals surface area contributed by atoms with Crippen molar-refractivity contribution in [2.24, 2.45) is 0 Å². The molecule has 3 heterocycles. The van der Waals surface area contributed by atoms with Crippen LogP contribution in [0, 0.1) is 0 Å². The van der Waals surface area contributed by atoms with Gasteiger partial charge in [-0.2, -0.15) is 0 Å². The molecule has 0 saturated heterocycles. The molecule has 0 spiro atoms. The monoisotopic (exact) mass is 625 g/mol. The van der Waals surface area contributed by atoms with Gasteiger partial charge in [0.1, 0.15) is 0 Å². The van der Waals surface area contributed by atoms with Crippen LogP contribution in [-0.2, 0) is 0 Å². The van der Waals surface area contributed by atoms with Crippen molar-refractivity contribution in [2.45, 2.75) is 0 Å². The van der Waals surface area contributed by atoms with E-state index in [9.17, 15) is 0 Å². The number of nitrogens with zero attached hydrogens (tertiary/aromatic N) is 3. The van der Waals surface area contributed by atoms with Crippen LogP contribution in [0.25, 0.3) is 82.9 Å². The molecule has 3 nitrogen and oxygen atoms in total. The number of aromatic nitrogens is 3. The lowest BCUT2D eigenvalue weighted by molar-refractivity contribution is 1.13. The average molecular weight is 626 g/mol. The van der Waals surface area contributed by atoms with Crippen molar-refractivity contribution in [1.29, 1.82) is 0 Å². The minimum Gasteiger partial charge on any atom is -0.317 e. The highest BCUT2D eigenvalue weighted by Gasteiger charge is 2.19. The summed E-state index contributed by atoms with van der Waals surface area (Å²) in [5.41, 5.74) is 13.1. The average Bonchev–Trinajstić information content (AvgIpc) is 3.89. The maximum atomic E-state index is 2.44. The van der Waals surface area contributed by atoms with Gasteiger partial charge in [-0.3, -0.25) is 0 Å². The Labute approximate surface area is 284 Å². The third kappa shape index (κ3) is 4.44. The minimum absolute atomic E-state index is 1.16. The van der Waals surface area contributed by atoms with Gasteiger partial charge in [0.2, 0.25) is 0 Å². The molecule has 0 fully saturated rings. The van der Waals surface area contributed by atoms with Crippen LogP contribution in [0.5, 0.6) is 0 Å². The summed E-state index contributed by atoms with van der Waals surface area (Å²) in [4.78, 5) is 0. The Bertz CT molecular complexity index is 2800. The van der Waals surface area contributed by atoms with Crippen molar-refractivity contribution in [3.63, 3.8) is 0 Å². The lowest BCUT2D eigenvalue weighted by Crippen LogP contribution is -1.96. The van der Waals surface area contributed by atoms with Crippen molar-refractivity contribution in [3.8, 4) is 39.3 Å². The predicted octanol–water partition coefficient (Wildman–Crippen LogP) is 12.0. The zero-order chi connectivity index (χ0) is 32.3. The molecule has 0 aliphatic rings. The summed E-state index contributed by atoms with van der Waals surface area (Å²) in [5.74, 6) is 0. The van der Waals surface area contributed by atoms with Crippen molar-refractivity contribution in [1.82, 2.24) is 13.7 Å². The van der Waals surface area contributed by atoms with E-state index in [0.29, 0.717) is 0 Å². The van der Waals surface area contributed by atoms with Gasteiger partial charge in [0, 0.05) is 56.6 Å². The molecule has 0 radical (unpaired) electrons. The van der Waals surface area contributed by atoms with E-state index in [1.165, 1.54) is 71.6 Å². The van der Waals surface area contributed by atoms with Gasteiger partial charge in [-0.05, 0) is 108 Å². The molecule has 0 unspecified atom stereocenters. The van der Waals surface area contributed by atoms with Gasteiger partial charge in [0.25, 0.3) is 0 Å². The molecule has 0 amide bonds. The molecule has 3 aromatic heterocycles. The predicted molar refractivity (Wildman–Crippen MR) is 205 cm³/mol. The standard InChI is InChI=1S/C46H31N3/c1-4-12-37(13-5-1)47-26-24-34-28-32(20-22-43(34)47)36-30-41(33-21-23-44-35(29-33)25-27-48(44)38-14-6-2-7-15-38)46-42(31-36)40-18-10-11-19-45(40)49(46)39-16-8-3-9-17-39/h1-31H. The fourth-order valence-corrected chi connectivity index (χ4v) is 7.59. The van der Waals surface area contributed by atoms with Gasteiger partial charge in [-0.25, -0.2) is 0 Å². The maximum Gasteiger partial charge on any atom is 0.0619 e. The molecular formula is C46H31N3. The largest absolute Gasteiger partial charge is 0.317 e. The number of fused-ring (bicyclic) bond motifs is 5. The second-order valence-corrected chi connectivity index (χ2v) is 12.7. The first kappa shape index (κ1) is 27.5. The second kappa shape index (κ2) is 11.0. The molecule has 0 N–H and O–H groups in total. The van der Waals surface area contributed by atoms with Crippen molar-refractivity contribution in [2.75, 3.05) is 0 Å². The molecule has 0 aliphatic heterocycles.